The highest BCUT2D eigenvalue weighted by molar-refractivity contribution is 5.82. The fourth-order valence-electron chi connectivity index (χ4n) is 2.40. The van der Waals surface area contributed by atoms with E-state index in [9.17, 15) is 4.79 Å². The Hall–Kier alpha value is -2.82. The molecular formula is C18H17NO4. The minimum absolute atomic E-state index is 0.290. The Morgan fingerprint density at radius 1 is 0.957 bits per heavy atom. The normalized spacial score (nSPS) is 10.8. The first kappa shape index (κ1) is 15.1. The minimum atomic E-state index is -0.454. The van der Waals surface area contributed by atoms with E-state index in [2.05, 4.69) is 4.98 Å². The Kier molecular flexibility index (Phi) is 3.78. The molecule has 0 saturated carbocycles. The van der Waals surface area contributed by atoms with Crippen molar-refractivity contribution < 1.29 is 13.9 Å². The van der Waals surface area contributed by atoms with Crippen LogP contribution in [0.2, 0.25) is 0 Å². The highest BCUT2D eigenvalue weighted by Gasteiger charge is 2.13. The first-order chi connectivity index (χ1) is 11.0. The molecule has 0 saturated heterocycles. The van der Waals surface area contributed by atoms with E-state index in [1.807, 2.05) is 32.0 Å². The van der Waals surface area contributed by atoms with Crippen LogP contribution >= 0.6 is 0 Å². The largest absolute Gasteiger partial charge is 0.493 e. The van der Waals surface area contributed by atoms with Crippen molar-refractivity contribution in [2.45, 2.75) is 13.8 Å². The fraction of sp³-hybridized carbons (Fsp3) is 0.222. The number of aromatic nitrogens is 1. The molecule has 0 unspecified atom stereocenters. The first-order valence-corrected chi connectivity index (χ1v) is 7.18. The van der Waals surface area contributed by atoms with Gasteiger partial charge in [0.15, 0.2) is 11.5 Å². The van der Waals surface area contributed by atoms with Crippen LogP contribution in [-0.2, 0) is 0 Å². The maximum Gasteiger partial charge on any atom is 0.347 e. The quantitative estimate of drug-likeness (QED) is 0.741. The van der Waals surface area contributed by atoms with Gasteiger partial charge in [-0.15, -0.1) is 0 Å². The monoisotopic (exact) mass is 311 g/mol. The summed E-state index contributed by atoms with van der Waals surface area (Å²) in [6, 6.07) is 9.07. The van der Waals surface area contributed by atoms with Crippen LogP contribution in [0.3, 0.4) is 0 Å². The van der Waals surface area contributed by atoms with Crippen LogP contribution in [-0.4, -0.2) is 19.2 Å². The van der Waals surface area contributed by atoms with Crippen LogP contribution in [0.4, 0.5) is 0 Å². The van der Waals surface area contributed by atoms with E-state index in [0.29, 0.717) is 22.4 Å². The molecule has 0 N–H and O–H groups in total. The van der Waals surface area contributed by atoms with Crippen LogP contribution in [0.1, 0.15) is 11.1 Å². The highest BCUT2D eigenvalue weighted by atomic mass is 16.5. The lowest BCUT2D eigenvalue weighted by atomic mass is 10.1. The van der Waals surface area contributed by atoms with Gasteiger partial charge >= 0.3 is 5.63 Å². The summed E-state index contributed by atoms with van der Waals surface area (Å²) in [5.74, 6) is 1.27. The lowest BCUT2D eigenvalue weighted by molar-refractivity contribution is 0.355. The van der Waals surface area contributed by atoms with Crippen molar-refractivity contribution in [3.05, 3.63) is 51.9 Å². The molecule has 0 radical (unpaired) electrons. The molecule has 0 aliphatic carbocycles. The standard InChI is InChI=1S/C18H17NO4/c1-10-5-6-12(7-11(10)2)17-19-14-9-16(22-4)15(21-3)8-13(14)18(20)23-17/h5-9H,1-4H3. The van der Waals surface area contributed by atoms with Gasteiger partial charge in [0.2, 0.25) is 5.89 Å². The molecule has 3 aromatic rings. The third kappa shape index (κ3) is 2.65. The molecule has 0 aliphatic heterocycles. The second kappa shape index (κ2) is 5.76. The summed E-state index contributed by atoms with van der Waals surface area (Å²) in [6.45, 7) is 4.03. The van der Waals surface area contributed by atoms with Crippen molar-refractivity contribution in [2.75, 3.05) is 14.2 Å². The Morgan fingerprint density at radius 2 is 1.65 bits per heavy atom. The van der Waals surface area contributed by atoms with E-state index in [0.717, 1.165) is 11.1 Å². The number of hydrogen-bond donors (Lipinski definition) is 0. The average Bonchev–Trinajstić information content (AvgIpc) is 2.56. The second-order valence-corrected chi connectivity index (χ2v) is 5.33. The molecule has 23 heavy (non-hydrogen) atoms. The molecule has 0 spiro atoms. The SMILES string of the molecule is COc1cc2nc(-c3ccc(C)c(C)c3)oc(=O)c2cc1OC. The highest BCUT2D eigenvalue weighted by Crippen LogP contribution is 2.31. The lowest BCUT2D eigenvalue weighted by Gasteiger charge is -2.09. The van der Waals surface area contributed by atoms with Gasteiger partial charge in [0.1, 0.15) is 0 Å². The molecule has 5 nitrogen and oxygen atoms in total. The zero-order chi connectivity index (χ0) is 16.6. The summed E-state index contributed by atoms with van der Waals surface area (Å²) in [4.78, 5) is 16.7. The predicted molar refractivity (Wildman–Crippen MR) is 88.3 cm³/mol. The van der Waals surface area contributed by atoms with E-state index in [4.69, 9.17) is 13.9 Å². The molecule has 1 aromatic heterocycles. The number of hydrogen-bond acceptors (Lipinski definition) is 5. The topological polar surface area (TPSA) is 61.6 Å². The number of aryl methyl sites for hydroxylation is 2. The summed E-state index contributed by atoms with van der Waals surface area (Å²) in [5, 5.41) is 0.357. The van der Waals surface area contributed by atoms with E-state index in [1.54, 1.807) is 19.2 Å². The van der Waals surface area contributed by atoms with Crippen molar-refractivity contribution in [3.8, 4) is 23.0 Å². The van der Waals surface area contributed by atoms with Gasteiger partial charge in [-0.1, -0.05) is 6.07 Å². The predicted octanol–water partition coefficient (Wildman–Crippen LogP) is 3.49. The third-order valence-electron chi connectivity index (χ3n) is 3.89. The molecule has 2 aromatic carbocycles. The molecule has 0 atom stereocenters. The van der Waals surface area contributed by atoms with Crippen molar-refractivity contribution in [1.82, 2.24) is 4.98 Å². The fourth-order valence-corrected chi connectivity index (χ4v) is 2.40. The number of methoxy groups -OCH3 is 2. The zero-order valence-corrected chi connectivity index (χ0v) is 13.5. The molecule has 1 heterocycles. The van der Waals surface area contributed by atoms with Crippen LogP contribution in [0, 0.1) is 13.8 Å². The van der Waals surface area contributed by atoms with Crippen LogP contribution in [0.15, 0.2) is 39.5 Å². The van der Waals surface area contributed by atoms with Gasteiger partial charge in [0.05, 0.1) is 25.1 Å². The Balaban J connectivity index is 2.24. The second-order valence-electron chi connectivity index (χ2n) is 5.33. The maximum atomic E-state index is 12.3. The van der Waals surface area contributed by atoms with Gasteiger partial charge < -0.3 is 13.9 Å². The van der Waals surface area contributed by atoms with Gasteiger partial charge in [-0.25, -0.2) is 9.78 Å². The molecule has 118 valence electrons. The van der Waals surface area contributed by atoms with Crippen LogP contribution in [0.25, 0.3) is 22.4 Å². The minimum Gasteiger partial charge on any atom is -0.493 e. The van der Waals surface area contributed by atoms with E-state index < -0.39 is 5.63 Å². The van der Waals surface area contributed by atoms with E-state index >= 15 is 0 Å². The third-order valence-corrected chi connectivity index (χ3v) is 3.89. The zero-order valence-electron chi connectivity index (χ0n) is 13.5. The van der Waals surface area contributed by atoms with Crippen molar-refractivity contribution in [1.29, 1.82) is 0 Å². The number of benzene rings is 2. The van der Waals surface area contributed by atoms with Crippen molar-refractivity contribution >= 4 is 10.9 Å². The molecule has 0 aliphatic rings. The van der Waals surface area contributed by atoms with E-state index in [-0.39, 0.29) is 5.89 Å². The summed E-state index contributed by atoms with van der Waals surface area (Å²) in [7, 11) is 3.06. The number of fused-ring (bicyclic) bond motifs is 1. The van der Waals surface area contributed by atoms with Gasteiger partial charge in [0, 0.05) is 17.7 Å². The first-order valence-electron chi connectivity index (χ1n) is 7.18. The Bertz CT molecular complexity index is 944. The van der Waals surface area contributed by atoms with Crippen LogP contribution < -0.4 is 15.1 Å². The maximum absolute atomic E-state index is 12.3. The molecule has 5 heteroatoms. The van der Waals surface area contributed by atoms with Gasteiger partial charge in [-0.2, -0.15) is 0 Å². The summed E-state index contributed by atoms with van der Waals surface area (Å²) in [6.07, 6.45) is 0. The summed E-state index contributed by atoms with van der Waals surface area (Å²) < 4.78 is 15.9. The molecule has 0 amide bonds. The Morgan fingerprint density at radius 3 is 2.30 bits per heavy atom. The smallest absolute Gasteiger partial charge is 0.347 e. The Labute approximate surface area is 133 Å². The van der Waals surface area contributed by atoms with Gasteiger partial charge in [-0.3, -0.25) is 0 Å². The number of rotatable bonds is 3. The van der Waals surface area contributed by atoms with Gasteiger partial charge in [-0.05, 0) is 37.1 Å². The van der Waals surface area contributed by atoms with E-state index in [1.165, 1.54) is 12.7 Å². The lowest BCUT2D eigenvalue weighted by Crippen LogP contribution is -2.04. The number of nitrogens with zero attached hydrogens (tertiary/aromatic N) is 1. The molecule has 0 bridgehead atoms. The molecule has 0 fully saturated rings. The van der Waals surface area contributed by atoms with Gasteiger partial charge in [0.25, 0.3) is 0 Å². The molecule has 3 rings (SSSR count). The average molecular weight is 311 g/mol. The van der Waals surface area contributed by atoms with Crippen molar-refractivity contribution in [3.63, 3.8) is 0 Å². The van der Waals surface area contributed by atoms with Crippen LogP contribution in [0.5, 0.6) is 11.5 Å². The summed E-state index contributed by atoms with van der Waals surface area (Å²) >= 11 is 0. The van der Waals surface area contributed by atoms with Crippen molar-refractivity contribution in [2.24, 2.45) is 0 Å². The number of ether oxygens (including phenoxy) is 2. The summed E-state index contributed by atoms with van der Waals surface area (Å²) in [5.41, 5.74) is 3.10. The molecular weight excluding hydrogens is 294 g/mol.